The summed E-state index contributed by atoms with van der Waals surface area (Å²) >= 11 is 6.31. The van der Waals surface area contributed by atoms with Crippen LogP contribution in [-0.4, -0.2) is 36.8 Å². The van der Waals surface area contributed by atoms with Gasteiger partial charge in [0.25, 0.3) is 0 Å². The minimum Gasteiger partial charge on any atom is -0.465 e. The van der Waals surface area contributed by atoms with Gasteiger partial charge < -0.3 is 9.30 Å². The summed E-state index contributed by atoms with van der Waals surface area (Å²) in [6.07, 6.45) is 2.78. The molecule has 2 aromatic heterocycles. The van der Waals surface area contributed by atoms with Gasteiger partial charge in [-0.15, -0.1) is 0 Å². The Balaban J connectivity index is 2.05. The average molecular weight is 457 g/mol. The fourth-order valence-corrected chi connectivity index (χ4v) is 5.01. The quantitative estimate of drug-likeness (QED) is 0.403. The maximum Gasteiger partial charge on any atom is 0.325 e. The molecule has 0 unspecified atom stereocenters. The molecule has 0 atom stereocenters. The highest BCUT2D eigenvalue weighted by Crippen LogP contribution is 2.39. The minimum absolute atomic E-state index is 0.0649. The Kier molecular flexibility index (Phi) is 5.49. The Morgan fingerprint density at radius 2 is 1.94 bits per heavy atom. The molecule has 0 aliphatic rings. The van der Waals surface area contributed by atoms with Crippen molar-refractivity contribution in [1.29, 1.82) is 0 Å². The number of hydrogen-bond donors (Lipinski definition) is 0. The summed E-state index contributed by atoms with van der Waals surface area (Å²) in [5, 5.41) is 2.15. The molecular formula is C23H21ClN2O4S. The largest absolute Gasteiger partial charge is 0.465 e. The maximum atomic E-state index is 12.3. The van der Waals surface area contributed by atoms with Crippen LogP contribution in [0.5, 0.6) is 0 Å². The van der Waals surface area contributed by atoms with E-state index in [2.05, 4.69) is 4.98 Å². The van der Waals surface area contributed by atoms with Gasteiger partial charge in [0.05, 0.1) is 17.0 Å². The molecule has 0 spiro atoms. The molecule has 31 heavy (non-hydrogen) atoms. The number of carbonyl (C=O) groups is 1. The van der Waals surface area contributed by atoms with Crippen molar-refractivity contribution in [3.05, 3.63) is 59.4 Å². The number of hydrogen-bond acceptors (Lipinski definition) is 5. The van der Waals surface area contributed by atoms with Crippen molar-refractivity contribution in [1.82, 2.24) is 9.55 Å². The van der Waals surface area contributed by atoms with Crippen LogP contribution in [0.4, 0.5) is 0 Å². The highest BCUT2D eigenvalue weighted by Gasteiger charge is 2.21. The molecule has 4 rings (SSSR count). The molecule has 0 N–H and O–H groups in total. The lowest BCUT2D eigenvalue weighted by molar-refractivity contribution is -0.143. The zero-order valence-electron chi connectivity index (χ0n) is 17.3. The lowest BCUT2D eigenvalue weighted by Gasteiger charge is -2.11. The van der Waals surface area contributed by atoms with E-state index < -0.39 is 9.84 Å². The van der Waals surface area contributed by atoms with E-state index in [0.29, 0.717) is 22.5 Å². The third-order valence-corrected chi connectivity index (χ3v) is 6.64. The van der Waals surface area contributed by atoms with Crippen molar-refractivity contribution in [2.24, 2.45) is 0 Å². The number of rotatable bonds is 5. The lowest BCUT2D eigenvalue weighted by Crippen LogP contribution is -2.14. The van der Waals surface area contributed by atoms with E-state index in [0.717, 1.165) is 27.7 Å². The van der Waals surface area contributed by atoms with Crippen molar-refractivity contribution in [2.75, 3.05) is 12.9 Å². The van der Waals surface area contributed by atoms with Gasteiger partial charge in [0.15, 0.2) is 9.84 Å². The van der Waals surface area contributed by atoms with Crippen LogP contribution in [0.2, 0.25) is 5.02 Å². The summed E-state index contributed by atoms with van der Waals surface area (Å²) in [6.45, 7) is 4.07. The van der Waals surface area contributed by atoms with E-state index in [-0.39, 0.29) is 17.4 Å². The summed E-state index contributed by atoms with van der Waals surface area (Å²) in [5.74, 6) is -0.331. The molecule has 4 aromatic rings. The number of esters is 1. The third kappa shape index (κ3) is 3.79. The fourth-order valence-electron chi connectivity index (χ4n) is 4.00. The number of aromatic nitrogens is 2. The number of nitrogens with zero attached hydrogens (tertiary/aromatic N) is 2. The molecule has 6 nitrogen and oxygen atoms in total. The number of carbonyl (C=O) groups excluding carboxylic acids is 1. The van der Waals surface area contributed by atoms with Crippen molar-refractivity contribution in [3.8, 4) is 11.1 Å². The first-order valence-corrected chi connectivity index (χ1v) is 12.0. The molecule has 0 aliphatic carbocycles. The Morgan fingerprint density at radius 1 is 1.16 bits per heavy atom. The highest BCUT2D eigenvalue weighted by molar-refractivity contribution is 7.91. The summed E-state index contributed by atoms with van der Waals surface area (Å²) in [6, 6.07) is 12.5. The van der Waals surface area contributed by atoms with Crippen molar-refractivity contribution < 1.29 is 17.9 Å². The molecule has 0 bridgehead atoms. The van der Waals surface area contributed by atoms with E-state index in [4.69, 9.17) is 16.3 Å². The Bertz CT molecular complexity index is 1440. The number of halogens is 1. The van der Waals surface area contributed by atoms with Gasteiger partial charge in [-0.05, 0) is 49.7 Å². The smallest absolute Gasteiger partial charge is 0.325 e. The first kappa shape index (κ1) is 21.3. The topological polar surface area (TPSA) is 78.3 Å². The molecule has 2 heterocycles. The zero-order chi connectivity index (χ0) is 22.3. The molecule has 0 radical (unpaired) electrons. The predicted molar refractivity (Wildman–Crippen MR) is 122 cm³/mol. The number of benzene rings is 2. The number of pyridine rings is 1. The first-order valence-electron chi connectivity index (χ1n) is 9.74. The molecule has 0 fully saturated rings. The Hall–Kier alpha value is -2.90. The summed E-state index contributed by atoms with van der Waals surface area (Å²) < 4.78 is 31.6. The van der Waals surface area contributed by atoms with Gasteiger partial charge >= 0.3 is 5.97 Å². The minimum atomic E-state index is -3.45. The van der Waals surface area contributed by atoms with Crippen molar-refractivity contribution in [2.45, 2.75) is 25.3 Å². The van der Waals surface area contributed by atoms with E-state index >= 15 is 0 Å². The monoisotopic (exact) mass is 456 g/mol. The van der Waals surface area contributed by atoms with E-state index in [1.807, 2.05) is 35.8 Å². The summed E-state index contributed by atoms with van der Waals surface area (Å²) in [7, 11) is -3.45. The average Bonchev–Trinajstić information content (AvgIpc) is 2.97. The van der Waals surface area contributed by atoms with E-state index in [1.54, 1.807) is 31.3 Å². The number of para-hydroxylation sites is 1. The van der Waals surface area contributed by atoms with Crippen LogP contribution in [0, 0.1) is 6.92 Å². The van der Waals surface area contributed by atoms with Gasteiger partial charge in [-0.3, -0.25) is 9.78 Å². The normalized spacial score (nSPS) is 11.9. The van der Waals surface area contributed by atoms with Crippen molar-refractivity contribution >= 4 is 49.2 Å². The van der Waals surface area contributed by atoms with E-state index in [9.17, 15) is 13.2 Å². The van der Waals surface area contributed by atoms with Crippen LogP contribution >= 0.6 is 11.6 Å². The highest BCUT2D eigenvalue weighted by atomic mass is 35.5. The molecule has 160 valence electrons. The van der Waals surface area contributed by atoms with Gasteiger partial charge in [-0.1, -0.05) is 23.7 Å². The van der Waals surface area contributed by atoms with Crippen molar-refractivity contribution in [3.63, 3.8) is 0 Å². The molecule has 0 saturated heterocycles. The number of sulfone groups is 1. The van der Waals surface area contributed by atoms with Gasteiger partial charge in [0, 0.05) is 45.0 Å². The Labute approximate surface area is 185 Å². The Morgan fingerprint density at radius 3 is 2.65 bits per heavy atom. The van der Waals surface area contributed by atoms with Gasteiger partial charge in [0.1, 0.15) is 6.54 Å². The van der Waals surface area contributed by atoms with Crippen LogP contribution in [0.1, 0.15) is 12.6 Å². The second kappa shape index (κ2) is 7.98. The van der Waals surface area contributed by atoms with E-state index in [1.165, 1.54) is 6.26 Å². The summed E-state index contributed by atoms with van der Waals surface area (Å²) in [5.41, 5.74) is 3.80. The number of ether oxygens (including phenoxy) is 1. The van der Waals surface area contributed by atoms with Crippen LogP contribution < -0.4 is 0 Å². The fraction of sp³-hybridized carbons (Fsp3) is 0.217. The van der Waals surface area contributed by atoms with Gasteiger partial charge in [-0.2, -0.15) is 0 Å². The van der Waals surface area contributed by atoms with Crippen LogP contribution in [0.3, 0.4) is 0 Å². The molecule has 8 heteroatoms. The SMILES string of the molecule is CCOC(=O)Cn1c(C)c(-c2ccnc3c(S(C)(=O)=O)cccc23)c2cc(Cl)ccc21. The molecule has 0 saturated carbocycles. The number of fused-ring (bicyclic) bond motifs is 2. The molecule has 0 amide bonds. The second-order valence-corrected chi connectivity index (χ2v) is 9.72. The zero-order valence-corrected chi connectivity index (χ0v) is 18.9. The lowest BCUT2D eigenvalue weighted by atomic mass is 9.98. The molecule has 0 aliphatic heterocycles. The molecule has 2 aromatic carbocycles. The predicted octanol–water partition coefficient (Wildman–Crippen LogP) is 4.78. The van der Waals surface area contributed by atoms with Gasteiger partial charge in [-0.25, -0.2) is 8.42 Å². The van der Waals surface area contributed by atoms with Gasteiger partial charge in [0.2, 0.25) is 0 Å². The molecular weight excluding hydrogens is 436 g/mol. The van der Waals surface area contributed by atoms with Crippen LogP contribution in [0.25, 0.3) is 32.9 Å². The first-order chi connectivity index (χ1) is 14.7. The standard InChI is InChI=1S/C23H21ClN2O4S/c1-4-30-21(27)13-26-14(2)22(18-12-15(24)8-9-19(18)26)16-10-11-25-23-17(16)6-5-7-20(23)31(3,28)29/h5-12H,4,13H2,1-3H3. The second-order valence-electron chi connectivity index (χ2n) is 7.30. The van der Waals surface area contributed by atoms with Crippen LogP contribution in [0.15, 0.2) is 53.6 Å². The summed E-state index contributed by atoms with van der Waals surface area (Å²) in [4.78, 5) is 16.8. The van der Waals surface area contributed by atoms with Crippen LogP contribution in [-0.2, 0) is 25.9 Å². The maximum absolute atomic E-state index is 12.3. The third-order valence-electron chi connectivity index (χ3n) is 5.28.